The molecule has 29 heavy (non-hydrogen) atoms. The zero-order valence-corrected chi connectivity index (χ0v) is 16.6. The van der Waals surface area contributed by atoms with Crippen LogP contribution >= 0.6 is 11.6 Å². The Balaban J connectivity index is 1.68. The first kappa shape index (κ1) is 18.9. The molecule has 3 heterocycles. The van der Waals surface area contributed by atoms with E-state index in [-0.39, 0.29) is 23.3 Å². The number of aromatic nitrogens is 3. The predicted molar refractivity (Wildman–Crippen MR) is 111 cm³/mol. The summed E-state index contributed by atoms with van der Waals surface area (Å²) in [5, 5.41) is 7.68. The third kappa shape index (κ3) is 3.31. The number of nitrogen functional groups attached to an aromatic ring is 1. The molecular weight excluding hydrogens is 392 g/mol. The van der Waals surface area contributed by atoms with Gasteiger partial charge in [0, 0.05) is 23.5 Å². The zero-order chi connectivity index (χ0) is 20.7. The zero-order valence-electron chi connectivity index (χ0n) is 15.9. The number of rotatable bonds is 3. The van der Waals surface area contributed by atoms with Gasteiger partial charge in [-0.15, -0.1) is 0 Å². The number of aryl methyl sites for hydroxylation is 1. The molecule has 0 radical (unpaired) electrons. The molecule has 1 aliphatic rings. The second kappa shape index (κ2) is 7.21. The van der Waals surface area contributed by atoms with Gasteiger partial charge in [-0.1, -0.05) is 11.6 Å². The van der Waals surface area contributed by atoms with Crippen LogP contribution in [-0.2, 0) is 0 Å². The van der Waals surface area contributed by atoms with Crippen molar-refractivity contribution in [2.24, 2.45) is 0 Å². The standard InChI is InChI=1S/C20H19ClN6O2/c1-11-8-13(5-6-15(11)21)26-10-12(2)27-17(20(26)29)16(9-24-27)25-19(28)14-4-3-7-23-18(14)22/h3-9,12H,10H2,1-2H3,(H2,22,23)(H,25,28)/t12-/m0/s1. The molecule has 8 nitrogen and oxygen atoms in total. The van der Waals surface area contributed by atoms with Crippen LogP contribution in [0.3, 0.4) is 0 Å². The average molecular weight is 411 g/mol. The molecule has 1 aromatic carbocycles. The van der Waals surface area contributed by atoms with Crippen LogP contribution in [0, 0.1) is 6.92 Å². The Labute approximate surface area is 172 Å². The summed E-state index contributed by atoms with van der Waals surface area (Å²) in [4.78, 5) is 31.5. The van der Waals surface area contributed by atoms with Gasteiger partial charge in [-0.25, -0.2) is 4.98 Å². The van der Waals surface area contributed by atoms with Gasteiger partial charge in [0.1, 0.15) is 5.82 Å². The van der Waals surface area contributed by atoms with Gasteiger partial charge in [0.15, 0.2) is 5.69 Å². The number of anilines is 3. The van der Waals surface area contributed by atoms with E-state index in [1.165, 1.54) is 12.4 Å². The normalized spacial score (nSPS) is 15.9. The second-order valence-electron chi connectivity index (χ2n) is 6.94. The van der Waals surface area contributed by atoms with Crippen molar-refractivity contribution < 1.29 is 9.59 Å². The lowest BCUT2D eigenvalue weighted by molar-refractivity contribution is 0.0954. The molecule has 0 fully saturated rings. The highest BCUT2D eigenvalue weighted by Crippen LogP contribution is 2.32. The summed E-state index contributed by atoms with van der Waals surface area (Å²) in [6, 6.07) is 8.56. The van der Waals surface area contributed by atoms with Crippen LogP contribution in [0.1, 0.15) is 39.4 Å². The van der Waals surface area contributed by atoms with Crippen LogP contribution in [0.5, 0.6) is 0 Å². The summed E-state index contributed by atoms with van der Waals surface area (Å²) in [6.07, 6.45) is 2.98. The van der Waals surface area contributed by atoms with E-state index in [4.69, 9.17) is 17.3 Å². The molecule has 9 heteroatoms. The lowest BCUT2D eigenvalue weighted by Gasteiger charge is -2.32. The molecular formula is C20H19ClN6O2. The van der Waals surface area contributed by atoms with E-state index in [0.717, 1.165) is 11.3 Å². The predicted octanol–water partition coefficient (Wildman–Crippen LogP) is 3.30. The highest BCUT2D eigenvalue weighted by molar-refractivity contribution is 6.31. The maximum absolute atomic E-state index is 13.3. The molecule has 0 aliphatic carbocycles. The SMILES string of the molecule is Cc1cc(N2C[C@H](C)n3ncc(NC(=O)c4cccnc4N)c3C2=O)ccc1Cl. The van der Waals surface area contributed by atoms with E-state index in [9.17, 15) is 9.59 Å². The fourth-order valence-corrected chi connectivity index (χ4v) is 3.49. The number of carbonyl (C=O) groups is 2. The van der Waals surface area contributed by atoms with E-state index in [1.54, 1.807) is 33.8 Å². The number of carbonyl (C=O) groups excluding carboxylic acids is 2. The molecule has 0 saturated heterocycles. The van der Waals surface area contributed by atoms with Gasteiger partial charge in [-0.2, -0.15) is 5.10 Å². The topological polar surface area (TPSA) is 106 Å². The third-order valence-electron chi connectivity index (χ3n) is 4.89. The van der Waals surface area contributed by atoms with E-state index >= 15 is 0 Å². The van der Waals surface area contributed by atoms with Gasteiger partial charge in [0.05, 0.1) is 23.5 Å². The van der Waals surface area contributed by atoms with Gasteiger partial charge >= 0.3 is 0 Å². The smallest absolute Gasteiger partial charge is 0.278 e. The van der Waals surface area contributed by atoms with Crippen molar-refractivity contribution >= 4 is 40.6 Å². The number of amides is 2. The molecule has 3 aromatic rings. The van der Waals surface area contributed by atoms with Crippen LogP contribution in [0.2, 0.25) is 5.02 Å². The molecule has 0 spiro atoms. The Morgan fingerprint density at radius 1 is 1.34 bits per heavy atom. The Hall–Kier alpha value is -3.39. The Morgan fingerprint density at radius 2 is 2.14 bits per heavy atom. The number of nitrogens with zero attached hydrogens (tertiary/aromatic N) is 4. The fourth-order valence-electron chi connectivity index (χ4n) is 3.37. The third-order valence-corrected chi connectivity index (χ3v) is 5.32. The highest BCUT2D eigenvalue weighted by Gasteiger charge is 2.34. The van der Waals surface area contributed by atoms with Crippen LogP contribution in [0.15, 0.2) is 42.7 Å². The molecule has 2 amide bonds. The first-order chi connectivity index (χ1) is 13.9. The molecule has 4 rings (SSSR count). The summed E-state index contributed by atoms with van der Waals surface area (Å²) >= 11 is 6.12. The molecule has 2 aromatic heterocycles. The summed E-state index contributed by atoms with van der Waals surface area (Å²) in [5.41, 5.74) is 8.27. The van der Waals surface area contributed by atoms with Gasteiger partial charge in [-0.3, -0.25) is 14.3 Å². The summed E-state index contributed by atoms with van der Waals surface area (Å²) in [5.74, 6) is -0.591. The van der Waals surface area contributed by atoms with Crippen molar-refractivity contribution in [2.45, 2.75) is 19.9 Å². The number of nitrogens with two attached hydrogens (primary N) is 1. The molecule has 3 N–H and O–H groups in total. The number of halogens is 1. The van der Waals surface area contributed by atoms with Gasteiger partial charge in [-0.05, 0) is 49.7 Å². The van der Waals surface area contributed by atoms with E-state index in [0.29, 0.717) is 22.9 Å². The minimum absolute atomic E-state index is 0.0761. The lowest BCUT2D eigenvalue weighted by atomic mass is 10.1. The maximum atomic E-state index is 13.3. The Morgan fingerprint density at radius 3 is 2.86 bits per heavy atom. The quantitative estimate of drug-likeness (QED) is 0.689. The first-order valence-electron chi connectivity index (χ1n) is 9.04. The van der Waals surface area contributed by atoms with Crippen LogP contribution in [-0.4, -0.2) is 33.1 Å². The van der Waals surface area contributed by atoms with Crippen molar-refractivity contribution in [3.05, 3.63) is 64.6 Å². The van der Waals surface area contributed by atoms with Crippen LogP contribution < -0.4 is 16.0 Å². The number of pyridine rings is 1. The molecule has 0 unspecified atom stereocenters. The summed E-state index contributed by atoms with van der Waals surface area (Å²) < 4.78 is 1.63. The van der Waals surface area contributed by atoms with Gasteiger partial charge < -0.3 is 16.0 Å². The van der Waals surface area contributed by atoms with E-state index < -0.39 is 5.91 Å². The minimum atomic E-state index is -0.452. The number of fused-ring (bicyclic) bond motifs is 1. The highest BCUT2D eigenvalue weighted by atomic mass is 35.5. The minimum Gasteiger partial charge on any atom is -0.383 e. The molecule has 1 atom stereocenters. The average Bonchev–Trinajstić information content (AvgIpc) is 3.11. The number of hydrogen-bond donors (Lipinski definition) is 2. The van der Waals surface area contributed by atoms with Crippen LogP contribution in [0.25, 0.3) is 0 Å². The van der Waals surface area contributed by atoms with E-state index in [2.05, 4.69) is 15.4 Å². The van der Waals surface area contributed by atoms with Gasteiger partial charge in [0.25, 0.3) is 11.8 Å². The number of hydrogen-bond acceptors (Lipinski definition) is 5. The van der Waals surface area contributed by atoms with Crippen molar-refractivity contribution in [3.63, 3.8) is 0 Å². The Kier molecular flexibility index (Phi) is 4.71. The monoisotopic (exact) mass is 410 g/mol. The number of benzene rings is 1. The second-order valence-corrected chi connectivity index (χ2v) is 7.35. The molecule has 0 bridgehead atoms. The largest absolute Gasteiger partial charge is 0.383 e. The van der Waals surface area contributed by atoms with Crippen molar-refractivity contribution in [3.8, 4) is 0 Å². The molecule has 1 aliphatic heterocycles. The van der Waals surface area contributed by atoms with Crippen molar-refractivity contribution in [2.75, 3.05) is 22.5 Å². The molecule has 148 valence electrons. The maximum Gasteiger partial charge on any atom is 0.278 e. The van der Waals surface area contributed by atoms with Gasteiger partial charge in [0.2, 0.25) is 0 Å². The summed E-state index contributed by atoms with van der Waals surface area (Å²) in [6.45, 7) is 4.30. The fraction of sp³-hybridized carbons (Fsp3) is 0.200. The Bertz CT molecular complexity index is 1130. The van der Waals surface area contributed by atoms with Crippen LogP contribution in [0.4, 0.5) is 17.2 Å². The summed E-state index contributed by atoms with van der Waals surface area (Å²) in [7, 11) is 0. The van der Waals surface area contributed by atoms with Crippen molar-refractivity contribution in [1.82, 2.24) is 14.8 Å². The van der Waals surface area contributed by atoms with Crippen molar-refractivity contribution in [1.29, 1.82) is 0 Å². The lowest BCUT2D eigenvalue weighted by Crippen LogP contribution is -2.43. The molecule has 0 saturated carbocycles. The number of nitrogens with one attached hydrogen (secondary N) is 1. The first-order valence-corrected chi connectivity index (χ1v) is 9.42. The van der Waals surface area contributed by atoms with E-state index in [1.807, 2.05) is 19.9 Å².